The maximum Gasteiger partial charge on any atom is 0.0660 e. The van der Waals surface area contributed by atoms with Crippen molar-refractivity contribution in [2.24, 2.45) is 0 Å². The van der Waals surface area contributed by atoms with Gasteiger partial charge in [0.2, 0.25) is 0 Å². The largest absolute Gasteiger partial charge is 0.396 e. The van der Waals surface area contributed by atoms with Crippen LogP contribution in [0, 0.1) is 2.88 Å². The van der Waals surface area contributed by atoms with Gasteiger partial charge in [0.25, 0.3) is 0 Å². The minimum absolute atomic E-state index is 0.225. The monoisotopic (exact) mass is 418 g/mol. The van der Waals surface area contributed by atoms with Gasteiger partial charge in [0.15, 0.2) is 0 Å². The zero-order chi connectivity index (χ0) is 13.2. The second kappa shape index (κ2) is 6.05. The lowest BCUT2D eigenvalue weighted by atomic mass is 10.3. The lowest BCUT2D eigenvalue weighted by Crippen LogP contribution is -1.84. The SMILES string of the molecule is OCCc1ccc(-c2ccc(-c3ccc(I)s3)s2)s1. The Morgan fingerprint density at radius 1 is 0.789 bits per heavy atom. The third-order valence-corrected chi connectivity index (χ3v) is 7.20. The number of rotatable bonds is 4. The summed E-state index contributed by atoms with van der Waals surface area (Å²) in [4.78, 5) is 6.53. The third kappa shape index (κ3) is 3.11. The van der Waals surface area contributed by atoms with E-state index >= 15 is 0 Å². The van der Waals surface area contributed by atoms with E-state index in [1.807, 2.05) is 22.7 Å². The van der Waals surface area contributed by atoms with Gasteiger partial charge in [-0.15, -0.1) is 34.0 Å². The Kier molecular flexibility index (Phi) is 4.38. The van der Waals surface area contributed by atoms with Gasteiger partial charge in [-0.3, -0.25) is 0 Å². The summed E-state index contributed by atoms with van der Waals surface area (Å²) in [5, 5.41) is 8.96. The number of aliphatic hydroxyl groups excluding tert-OH is 1. The Labute approximate surface area is 137 Å². The predicted octanol–water partition coefficient (Wildman–Crippen LogP) is 5.34. The van der Waals surface area contributed by atoms with Crippen molar-refractivity contribution in [2.45, 2.75) is 6.42 Å². The average molecular weight is 418 g/mol. The highest BCUT2D eigenvalue weighted by Crippen LogP contribution is 2.40. The van der Waals surface area contributed by atoms with Crippen molar-refractivity contribution < 1.29 is 5.11 Å². The molecule has 0 aliphatic carbocycles. The zero-order valence-corrected chi connectivity index (χ0v) is 14.5. The first-order valence-electron chi connectivity index (χ1n) is 5.82. The molecule has 0 amide bonds. The topological polar surface area (TPSA) is 20.2 Å². The second-order valence-corrected chi connectivity index (χ2v) is 9.24. The number of thiophene rings is 3. The molecule has 19 heavy (non-hydrogen) atoms. The molecule has 0 unspecified atom stereocenters. The fraction of sp³-hybridized carbons (Fsp3) is 0.143. The molecule has 0 spiro atoms. The van der Waals surface area contributed by atoms with Gasteiger partial charge in [-0.05, 0) is 59.0 Å². The Morgan fingerprint density at radius 2 is 1.37 bits per heavy atom. The van der Waals surface area contributed by atoms with Crippen LogP contribution >= 0.6 is 56.6 Å². The van der Waals surface area contributed by atoms with E-state index in [9.17, 15) is 0 Å². The van der Waals surface area contributed by atoms with Crippen LogP contribution in [0.4, 0.5) is 0 Å². The minimum atomic E-state index is 0.225. The summed E-state index contributed by atoms with van der Waals surface area (Å²) in [5.74, 6) is 0. The van der Waals surface area contributed by atoms with Crippen LogP contribution in [0.5, 0.6) is 0 Å². The van der Waals surface area contributed by atoms with Crippen molar-refractivity contribution in [2.75, 3.05) is 6.61 Å². The number of hydrogen-bond donors (Lipinski definition) is 1. The van der Waals surface area contributed by atoms with Crippen LogP contribution in [0.2, 0.25) is 0 Å². The van der Waals surface area contributed by atoms with Crippen LogP contribution in [0.25, 0.3) is 19.5 Å². The molecule has 98 valence electrons. The van der Waals surface area contributed by atoms with Gasteiger partial charge >= 0.3 is 0 Å². The molecule has 1 N–H and O–H groups in total. The standard InChI is InChI=1S/C14H11IOS3/c15-14-6-5-13(19-14)12-4-3-11(18-12)10-2-1-9(17-10)7-8-16/h1-6,16H,7-8H2. The van der Waals surface area contributed by atoms with E-state index in [0.29, 0.717) is 0 Å². The van der Waals surface area contributed by atoms with Gasteiger partial charge in [0.1, 0.15) is 0 Å². The van der Waals surface area contributed by atoms with Crippen molar-refractivity contribution in [3.63, 3.8) is 0 Å². The molecule has 3 heterocycles. The van der Waals surface area contributed by atoms with E-state index in [-0.39, 0.29) is 6.61 Å². The summed E-state index contributed by atoms with van der Waals surface area (Å²) in [6, 6.07) is 13.0. The average Bonchev–Trinajstić information content (AvgIpc) is 3.07. The van der Waals surface area contributed by atoms with Crippen LogP contribution in [0.3, 0.4) is 0 Å². The first kappa shape index (κ1) is 13.8. The van der Waals surface area contributed by atoms with E-state index in [0.717, 1.165) is 6.42 Å². The quantitative estimate of drug-likeness (QED) is 0.567. The summed E-state index contributed by atoms with van der Waals surface area (Å²) in [7, 11) is 0. The molecule has 0 aliphatic heterocycles. The molecule has 0 aliphatic rings. The van der Waals surface area contributed by atoms with E-state index < -0.39 is 0 Å². The first-order valence-corrected chi connectivity index (χ1v) is 9.34. The van der Waals surface area contributed by atoms with Crippen molar-refractivity contribution in [1.82, 2.24) is 0 Å². The summed E-state index contributed by atoms with van der Waals surface area (Å²) in [6.45, 7) is 0.225. The van der Waals surface area contributed by atoms with Crippen LogP contribution in [0.1, 0.15) is 4.88 Å². The molecule has 0 aromatic carbocycles. The smallest absolute Gasteiger partial charge is 0.0660 e. The molecule has 0 saturated carbocycles. The summed E-state index contributed by atoms with van der Waals surface area (Å²) in [5.41, 5.74) is 0. The molecule has 3 rings (SSSR count). The van der Waals surface area contributed by atoms with Crippen molar-refractivity contribution in [3.8, 4) is 19.5 Å². The number of hydrogen-bond acceptors (Lipinski definition) is 4. The Balaban J connectivity index is 1.87. The molecule has 0 bridgehead atoms. The molecule has 3 aromatic rings. The Morgan fingerprint density at radius 3 is 2.00 bits per heavy atom. The maximum atomic E-state index is 8.96. The molecule has 0 atom stereocenters. The number of halogens is 1. The lowest BCUT2D eigenvalue weighted by Gasteiger charge is -1.91. The molecule has 0 saturated heterocycles. The highest BCUT2D eigenvalue weighted by Gasteiger charge is 2.09. The summed E-state index contributed by atoms with van der Waals surface area (Å²) >= 11 is 7.81. The van der Waals surface area contributed by atoms with E-state index in [4.69, 9.17) is 5.11 Å². The highest BCUT2D eigenvalue weighted by atomic mass is 127. The van der Waals surface area contributed by atoms with Gasteiger partial charge in [-0.25, -0.2) is 0 Å². The van der Waals surface area contributed by atoms with E-state index in [1.54, 1.807) is 11.3 Å². The van der Waals surface area contributed by atoms with E-state index in [1.165, 1.54) is 27.3 Å². The van der Waals surface area contributed by atoms with Gasteiger partial charge in [0.05, 0.1) is 2.88 Å². The van der Waals surface area contributed by atoms with Gasteiger partial charge in [-0.1, -0.05) is 0 Å². The Bertz CT molecular complexity index is 680. The second-order valence-electron chi connectivity index (χ2n) is 4.01. The fourth-order valence-corrected chi connectivity index (χ4v) is 5.61. The molecule has 0 radical (unpaired) electrons. The van der Waals surface area contributed by atoms with Crippen LogP contribution in [-0.2, 0) is 6.42 Å². The normalized spacial score (nSPS) is 11.1. The van der Waals surface area contributed by atoms with Gasteiger partial charge < -0.3 is 5.11 Å². The van der Waals surface area contributed by atoms with Gasteiger partial charge in [0, 0.05) is 37.4 Å². The van der Waals surface area contributed by atoms with Crippen LogP contribution < -0.4 is 0 Å². The van der Waals surface area contributed by atoms with Crippen LogP contribution in [-0.4, -0.2) is 11.7 Å². The van der Waals surface area contributed by atoms with Crippen LogP contribution in [0.15, 0.2) is 36.4 Å². The molecular formula is C14H11IOS3. The Hall–Kier alpha value is -0.210. The fourth-order valence-electron chi connectivity index (χ4n) is 1.80. The lowest BCUT2D eigenvalue weighted by molar-refractivity contribution is 0.300. The molecular weight excluding hydrogens is 407 g/mol. The molecule has 0 fully saturated rings. The van der Waals surface area contributed by atoms with Crippen molar-refractivity contribution in [3.05, 3.63) is 44.2 Å². The first-order chi connectivity index (χ1) is 9.26. The van der Waals surface area contributed by atoms with E-state index in [2.05, 4.69) is 59.0 Å². The summed E-state index contributed by atoms with van der Waals surface area (Å²) < 4.78 is 1.32. The van der Waals surface area contributed by atoms with Crippen molar-refractivity contribution in [1.29, 1.82) is 0 Å². The van der Waals surface area contributed by atoms with Gasteiger partial charge in [-0.2, -0.15) is 0 Å². The van der Waals surface area contributed by atoms with Crippen molar-refractivity contribution >= 4 is 56.6 Å². The minimum Gasteiger partial charge on any atom is -0.396 e. The molecule has 1 nitrogen and oxygen atoms in total. The molecule has 3 aromatic heterocycles. The predicted molar refractivity (Wildman–Crippen MR) is 94.5 cm³/mol. The third-order valence-electron chi connectivity index (χ3n) is 2.68. The number of aliphatic hydroxyl groups is 1. The molecule has 5 heteroatoms. The summed E-state index contributed by atoms with van der Waals surface area (Å²) in [6.07, 6.45) is 0.756. The maximum absolute atomic E-state index is 8.96. The highest BCUT2D eigenvalue weighted by molar-refractivity contribution is 14.1. The zero-order valence-electron chi connectivity index (χ0n) is 9.93.